The Morgan fingerprint density at radius 1 is 1.64 bits per heavy atom. The molecule has 0 saturated carbocycles. The highest BCUT2D eigenvalue weighted by molar-refractivity contribution is 9.10. The number of aromatic nitrogens is 1. The third kappa shape index (κ3) is 1.95. The van der Waals surface area contributed by atoms with Gasteiger partial charge in [-0.15, -0.1) is 0 Å². The van der Waals surface area contributed by atoms with Gasteiger partial charge in [0, 0.05) is 25.2 Å². The average molecular weight is 276 g/mol. The number of hydrogen-bond donors (Lipinski definition) is 1. The highest BCUT2D eigenvalue weighted by Gasteiger charge is 2.17. The van der Waals surface area contributed by atoms with E-state index in [9.17, 15) is 0 Å². The van der Waals surface area contributed by atoms with Crippen LogP contribution in [0, 0.1) is 0 Å². The second kappa shape index (κ2) is 4.17. The molecule has 0 aliphatic carbocycles. The van der Waals surface area contributed by atoms with Gasteiger partial charge in [-0.1, -0.05) is 18.5 Å². The van der Waals surface area contributed by atoms with E-state index in [1.54, 1.807) is 0 Å². The summed E-state index contributed by atoms with van der Waals surface area (Å²) in [6.45, 7) is 4.21. The van der Waals surface area contributed by atoms with Crippen molar-refractivity contribution in [2.45, 2.75) is 19.3 Å². The van der Waals surface area contributed by atoms with E-state index in [-0.39, 0.29) is 0 Å². The van der Waals surface area contributed by atoms with Gasteiger partial charge < -0.3 is 5.32 Å². The summed E-state index contributed by atoms with van der Waals surface area (Å²) in [4.78, 5) is 4.40. The van der Waals surface area contributed by atoms with Crippen LogP contribution in [0.5, 0.6) is 0 Å². The van der Waals surface area contributed by atoms with Crippen molar-refractivity contribution in [3.63, 3.8) is 0 Å². The molecule has 0 amide bonds. The van der Waals surface area contributed by atoms with Gasteiger partial charge in [0.15, 0.2) is 0 Å². The minimum Gasteiger partial charge on any atom is -0.316 e. The molecule has 1 atom stereocenters. The van der Waals surface area contributed by atoms with Gasteiger partial charge in [0.2, 0.25) is 0 Å². The summed E-state index contributed by atoms with van der Waals surface area (Å²) in [5, 5.41) is 3.95. The van der Waals surface area contributed by atoms with E-state index >= 15 is 0 Å². The predicted molar refractivity (Wildman–Crippen MR) is 61.9 cm³/mol. The second-order valence-electron chi connectivity index (χ2n) is 3.65. The minimum atomic E-state index is 0.508. The number of rotatable bonds is 0. The Morgan fingerprint density at radius 2 is 2.43 bits per heavy atom. The summed E-state index contributed by atoms with van der Waals surface area (Å²) in [5.74, 6) is 0.508. The monoisotopic (exact) mass is 274 g/mol. The maximum absolute atomic E-state index is 5.97. The molecule has 2 nitrogen and oxygen atoms in total. The maximum atomic E-state index is 5.97. The van der Waals surface area contributed by atoms with Crippen LogP contribution in [0.4, 0.5) is 0 Å². The number of halogens is 2. The van der Waals surface area contributed by atoms with Gasteiger partial charge in [-0.3, -0.25) is 0 Å². The fourth-order valence-electron chi connectivity index (χ4n) is 1.78. The topological polar surface area (TPSA) is 24.9 Å². The van der Waals surface area contributed by atoms with Crippen molar-refractivity contribution in [3.8, 4) is 0 Å². The van der Waals surface area contributed by atoms with Crippen LogP contribution in [-0.4, -0.2) is 18.1 Å². The van der Waals surface area contributed by atoms with Crippen LogP contribution in [0.3, 0.4) is 0 Å². The summed E-state index contributed by atoms with van der Waals surface area (Å²) in [6.07, 6.45) is 0.965. The highest BCUT2D eigenvalue weighted by atomic mass is 79.9. The minimum absolute atomic E-state index is 0.508. The maximum Gasteiger partial charge on any atom is 0.143 e. The predicted octanol–water partition coefficient (Wildman–Crippen LogP) is 2.75. The van der Waals surface area contributed by atoms with Gasteiger partial charge in [-0.25, -0.2) is 4.98 Å². The lowest BCUT2D eigenvalue weighted by atomic mass is 10.00. The number of pyridine rings is 1. The normalized spacial score (nSPS) is 21.5. The Morgan fingerprint density at radius 3 is 3.21 bits per heavy atom. The van der Waals surface area contributed by atoms with Crippen LogP contribution in [0.15, 0.2) is 10.5 Å². The van der Waals surface area contributed by atoms with Gasteiger partial charge in [0.05, 0.1) is 4.47 Å². The molecule has 1 unspecified atom stereocenters. The third-order valence-electron chi connectivity index (χ3n) is 2.57. The molecule has 2 rings (SSSR count). The van der Waals surface area contributed by atoms with Crippen LogP contribution < -0.4 is 5.32 Å². The standard InChI is InChI=1S/C10H12BrClN2/c1-6-5-13-3-2-9-7(6)4-8(11)10(12)14-9/h4,6,13H,2-3,5H2,1H3. The number of fused-ring (bicyclic) bond motifs is 1. The van der Waals surface area contributed by atoms with Crippen molar-refractivity contribution in [1.29, 1.82) is 0 Å². The van der Waals surface area contributed by atoms with E-state index in [1.807, 2.05) is 0 Å². The van der Waals surface area contributed by atoms with Crippen molar-refractivity contribution in [2.75, 3.05) is 13.1 Å². The lowest BCUT2D eigenvalue weighted by Crippen LogP contribution is -2.18. The van der Waals surface area contributed by atoms with Crippen molar-refractivity contribution < 1.29 is 0 Å². The van der Waals surface area contributed by atoms with Crippen LogP contribution in [0.1, 0.15) is 24.1 Å². The molecule has 1 N–H and O–H groups in total. The molecule has 76 valence electrons. The SMILES string of the molecule is CC1CNCCc2nc(Cl)c(Br)cc21. The van der Waals surface area contributed by atoms with E-state index < -0.39 is 0 Å². The third-order valence-corrected chi connectivity index (χ3v) is 3.69. The molecule has 14 heavy (non-hydrogen) atoms. The summed E-state index contributed by atoms with van der Waals surface area (Å²) >= 11 is 9.38. The number of nitrogens with zero attached hydrogens (tertiary/aromatic N) is 1. The largest absolute Gasteiger partial charge is 0.316 e. The molecule has 1 aliphatic rings. The molecular weight excluding hydrogens is 263 g/mol. The molecule has 4 heteroatoms. The molecular formula is C10H12BrClN2. The van der Waals surface area contributed by atoms with Crippen molar-refractivity contribution >= 4 is 27.5 Å². The average Bonchev–Trinajstić information content (AvgIpc) is 2.31. The molecule has 0 radical (unpaired) electrons. The molecule has 1 aromatic heterocycles. The van der Waals surface area contributed by atoms with E-state index in [1.165, 1.54) is 5.56 Å². The fraction of sp³-hybridized carbons (Fsp3) is 0.500. The summed E-state index contributed by atoms with van der Waals surface area (Å²) in [6, 6.07) is 2.10. The summed E-state index contributed by atoms with van der Waals surface area (Å²) in [5.41, 5.74) is 2.45. The van der Waals surface area contributed by atoms with Crippen LogP contribution >= 0.6 is 27.5 Å². The van der Waals surface area contributed by atoms with Gasteiger partial charge in [0.25, 0.3) is 0 Å². The highest BCUT2D eigenvalue weighted by Crippen LogP contribution is 2.28. The molecule has 1 aromatic rings. The quantitative estimate of drug-likeness (QED) is 0.737. The molecule has 1 aliphatic heterocycles. The molecule has 0 spiro atoms. The van der Waals surface area contributed by atoms with Crippen molar-refractivity contribution in [2.24, 2.45) is 0 Å². The van der Waals surface area contributed by atoms with Crippen molar-refractivity contribution in [3.05, 3.63) is 26.9 Å². The Bertz CT molecular complexity index is 354. The van der Waals surface area contributed by atoms with E-state index in [0.717, 1.165) is 29.7 Å². The number of nitrogens with one attached hydrogen (secondary N) is 1. The van der Waals surface area contributed by atoms with Gasteiger partial charge >= 0.3 is 0 Å². The lowest BCUT2D eigenvalue weighted by Gasteiger charge is -2.12. The van der Waals surface area contributed by atoms with E-state index in [4.69, 9.17) is 11.6 Å². The van der Waals surface area contributed by atoms with E-state index in [2.05, 4.69) is 39.2 Å². The fourth-order valence-corrected chi connectivity index (χ4v) is 2.27. The Labute approximate surface area is 97.2 Å². The van der Waals surface area contributed by atoms with Crippen LogP contribution in [0.25, 0.3) is 0 Å². The Hall–Kier alpha value is -0.120. The zero-order chi connectivity index (χ0) is 10.1. The Kier molecular flexibility index (Phi) is 3.10. The first-order valence-electron chi connectivity index (χ1n) is 4.74. The van der Waals surface area contributed by atoms with Crippen LogP contribution in [0.2, 0.25) is 5.15 Å². The van der Waals surface area contributed by atoms with Gasteiger partial charge in [0.1, 0.15) is 5.15 Å². The zero-order valence-electron chi connectivity index (χ0n) is 7.98. The first kappa shape index (κ1) is 10.4. The number of hydrogen-bond acceptors (Lipinski definition) is 2. The molecule has 0 fully saturated rings. The van der Waals surface area contributed by atoms with E-state index in [0.29, 0.717) is 11.1 Å². The zero-order valence-corrected chi connectivity index (χ0v) is 10.3. The second-order valence-corrected chi connectivity index (χ2v) is 4.86. The smallest absolute Gasteiger partial charge is 0.143 e. The molecule has 0 saturated heterocycles. The van der Waals surface area contributed by atoms with Crippen molar-refractivity contribution in [1.82, 2.24) is 10.3 Å². The molecule has 0 aromatic carbocycles. The van der Waals surface area contributed by atoms with Crippen LogP contribution in [-0.2, 0) is 6.42 Å². The first-order chi connectivity index (χ1) is 6.68. The first-order valence-corrected chi connectivity index (χ1v) is 5.91. The summed E-state index contributed by atoms with van der Waals surface area (Å²) in [7, 11) is 0. The molecule has 2 heterocycles. The Balaban J connectivity index is 2.49. The van der Waals surface area contributed by atoms with Gasteiger partial charge in [-0.05, 0) is 33.5 Å². The molecule has 0 bridgehead atoms. The summed E-state index contributed by atoms with van der Waals surface area (Å²) < 4.78 is 0.895. The lowest BCUT2D eigenvalue weighted by molar-refractivity contribution is 0.644. The van der Waals surface area contributed by atoms with Gasteiger partial charge in [-0.2, -0.15) is 0 Å².